The molecule has 0 spiro atoms. The molecule has 3 N–H and O–H groups in total. The van der Waals surface area contributed by atoms with E-state index in [1.807, 2.05) is 4.90 Å². The predicted molar refractivity (Wildman–Crippen MR) is 71.6 cm³/mol. The molecule has 2 rings (SSSR count). The Morgan fingerprint density at radius 2 is 2.32 bits per heavy atom. The van der Waals surface area contributed by atoms with Gasteiger partial charge >= 0.3 is 0 Å². The fraction of sp³-hybridized carbons (Fsp3) is 0.500. The molecule has 1 saturated heterocycles. The van der Waals surface area contributed by atoms with Gasteiger partial charge in [-0.2, -0.15) is 0 Å². The number of likely N-dealkylation sites (tertiary alicyclic amines) is 1. The lowest BCUT2D eigenvalue weighted by Gasteiger charge is -2.18. The van der Waals surface area contributed by atoms with Crippen LogP contribution in [0.25, 0.3) is 0 Å². The summed E-state index contributed by atoms with van der Waals surface area (Å²) in [4.78, 5) is 25.6. The van der Waals surface area contributed by atoms with Gasteiger partial charge in [0, 0.05) is 13.1 Å². The molecule has 0 saturated carbocycles. The normalized spacial score (nSPS) is 23.3. The first-order chi connectivity index (χ1) is 8.96. The van der Waals surface area contributed by atoms with Crippen molar-refractivity contribution >= 4 is 23.2 Å². The van der Waals surface area contributed by atoms with Gasteiger partial charge in [0.1, 0.15) is 0 Å². The summed E-state index contributed by atoms with van der Waals surface area (Å²) in [7, 11) is 0. The highest BCUT2D eigenvalue weighted by Gasteiger charge is 2.32. The van der Waals surface area contributed by atoms with E-state index in [9.17, 15) is 14.7 Å². The van der Waals surface area contributed by atoms with Crippen molar-refractivity contribution < 1.29 is 14.7 Å². The van der Waals surface area contributed by atoms with E-state index < -0.39 is 5.60 Å². The van der Waals surface area contributed by atoms with Crippen molar-refractivity contribution in [3.8, 4) is 0 Å². The molecule has 0 aromatic carbocycles. The number of carbonyl (C=O) groups excluding carboxylic acids is 2. The number of aliphatic hydroxyl groups is 1. The molecule has 0 bridgehead atoms. The first-order valence-corrected chi connectivity index (χ1v) is 6.92. The number of β-amino-alcohol motifs (C(OH)–C–C–N with tert-alkyl or cyclic N) is 1. The van der Waals surface area contributed by atoms with Gasteiger partial charge in [-0.1, -0.05) is 6.07 Å². The number of nitrogens with one attached hydrogen (secondary N) is 2. The first kappa shape index (κ1) is 14.0. The van der Waals surface area contributed by atoms with Crippen LogP contribution in [0.3, 0.4) is 0 Å². The zero-order valence-corrected chi connectivity index (χ0v) is 11.5. The Hall–Kier alpha value is -1.44. The number of carbonyl (C=O) groups is 2. The Bertz CT molecular complexity index is 459. The highest BCUT2D eigenvalue weighted by Crippen LogP contribution is 2.19. The molecule has 1 aliphatic rings. The van der Waals surface area contributed by atoms with Crippen molar-refractivity contribution in [1.29, 1.82) is 0 Å². The van der Waals surface area contributed by atoms with Crippen LogP contribution in [-0.4, -0.2) is 47.1 Å². The van der Waals surface area contributed by atoms with Crippen LogP contribution in [0, 0.1) is 0 Å². The Morgan fingerprint density at radius 1 is 1.53 bits per heavy atom. The second-order valence-corrected chi connectivity index (χ2v) is 5.88. The third-order valence-corrected chi connectivity index (χ3v) is 3.83. The molecule has 1 aliphatic heterocycles. The van der Waals surface area contributed by atoms with Crippen LogP contribution < -0.4 is 10.9 Å². The molecular weight excluding hydrogens is 266 g/mol. The monoisotopic (exact) mass is 283 g/mol. The third kappa shape index (κ3) is 4.02. The van der Waals surface area contributed by atoms with Crippen LogP contribution in [0.2, 0.25) is 0 Å². The molecule has 1 unspecified atom stereocenters. The van der Waals surface area contributed by atoms with Crippen molar-refractivity contribution in [1.82, 2.24) is 15.8 Å². The minimum absolute atomic E-state index is 0.168. The lowest BCUT2D eigenvalue weighted by atomic mass is 10.1. The van der Waals surface area contributed by atoms with Gasteiger partial charge in [-0.25, -0.2) is 0 Å². The SMILES string of the molecule is CC1(O)CCN(CC(=O)NNC(=O)c2cccs2)C1. The number of nitrogens with zero attached hydrogens (tertiary/aromatic N) is 1. The smallest absolute Gasteiger partial charge is 0.279 e. The molecule has 2 heterocycles. The largest absolute Gasteiger partial charge is 0.389 e. The first-order valence-electron chi connectivity index (χ1n) is 6.04. The summed E-state index contributed by atoms with van der Waals surface area (Å²) in [6.45, 7) is 3.07. The molecule has 6 nitrogen and oxygen atoms in total. The van der Waals surface area contributed by atoms with E-state index in [0.29, 0.717) is 24.4 Å². The lowest BCUT2D eigenvalue weighted by Crippen LogP contribution is -2.46. The van der Waals surface area contributed by atoms with Gasteiger partial charge in [-0.15, -0.1) is 11.3 Å². The fourth-order valence-electron chi connectivity index (χ4n) is 2.01. The standard InChI is InChI=1S/C12H17N3O3S/c1-12(18)4-5-15(8-12)7-10(16)13-14-11(17)9-3-2-6-19-9/h2-3,6,18H,4-5,7-8H2,1H3,(H,13,16)(H,14,17). The molecule has 1 aromatic rings. The summed E-state index contributed by atoms with van der Waals surface area (Å²) in [6, 6.07) is 3.46. The van der Waals surface area contributed by atoms with Gasteiger partial charge < -0.3 is 5.11 Å². The van der Waals surface area contributed by atoms with Gasteiger partial charge in [0.25, 0.3) is 11.8 Å². The quantitative estimate of drug-likeness (QED) is 0.680. The van der Waals surface area contributed by atoms with Crippen LogP contribution in [0.4, 0.5) is 0 Å². The summed E-state index contributed by atoms with van der Waals surface area (Å²) in [5, 5.41) is 11.6. The van der Waals surface area contributed by atoms with Crippen LogP contribution in [0.15, 0.2) is 17.5 Å². The van der Waals surface area contributed by atoms with Crippen LogP contribution >= 0.6 is 11.3 Å². The van der Waals surface area contributed by atoms with Crippen molar-refractivity contribution in [2.45, 2.75) is 18.9 Å². The summed E-state index contributed by atoms with van der Waals surface area (Å²) < 4.78 is 0. The van der Waals surface area contributed by atoms with Gasteiger partial charge in [0.15, 0.2) is 0 Å². The minimum Gasteiger partial charge on any atom is -0.389 e. The fourth-order valence-corrected chi connectivity index (χ4v) is 2.63. The molecule has 7 heteroatoms. The van der Waals surface area contributed by atoms with Gasteiger partial charge in [0.2, 0.25) is 0 Å². The van der Waals surface area contributed by atoms with Crippen molar-refractivity contribution in [2.24, 2.45) is 0 Å². The molecule has 19 heavy (non-hydrogen) atoms. The number of amides is 2. The number of hydrazine groups is 1. The maximum absolute atomic E-state index is 11.6. The van der Waals surface area contributed by atoms with Crippen LogP contribution in [0.5, 0.6) is 0 Å². The maximum Gasteiger partial charge on any atom is 0.279 e. The molecule has 0 aliphatic carbocycles. The predicted octanol–water partition coefficient (Wildman–Crippen LogP) is -0.0342. The van der Waals surface area contributed by atoms with E-state index in [4.69, 9.17) is 0 Å². The Morgan fingerprint density at radius 3 is 2.89 bits per heavy atom. The number of hydrogen-bond donors (Lipinski definition) is 3. The summed E-state index contributed by atoms with van der Waals surface area (Å²) in [6.07, 6.45) is 0.655. The molecule has 2 amide bonds. The van der Waals surface area contributed by atoms with Crippen molar-refractivity contribution in [3.63, 3.8) is 0 Å². The Kier molecular flexibility index (Phi) is 4.18. The van der Waals surface area contributed by atoms with Crippen molar-refractivity contribution in [3.05, 3.63) is 22.4 Å². The second kappa shape index (κ2) is 5.68. The molecule has 104 valence electrons. The summed E-state index contributed by atoms with van der Waals surface area (Å²) >= 11 is 1.31. The minimum atomic E-state index is -0.722. The van der Waals surface area contributed by atoms with E-state index in [2.05, 4.69) is 10.9 Å². The average Bonchev–Trinajstić information content (AvgIpc) is 2.96. The van der Waals surface area contributed by atoms with Crippen LogP contribution in [-0.2, 0) is 4.79 Å². The summed E-state index contributed by atoms with van der Waals surface area (Å²) in [5.74, 6) is -0.612. The zero-order valence-electron chi connectivity index (χ0n) is 10.7. The summed E-state index contributed by atoms with van der Waals surface area (Å²) in [5.41, 5.74) is 4.01. The van der Waals surface area contributed by atoms with E-state index in [-0.39, 0.29) is 18.4 Å². The Balaban J connectivity index is 1.72. The molecular formula is C12H17N3O3S. The number of rotatable bonds is 3. The van der Waals surface area contributed by atoms with Crippen LogP contribution in [0.1, 0.15) is 23.0 Å². The lowest BCUT2D eigenvalue weighted by molar-refractivity contribution is -0.122. The number of hydrogen-bond acceptors (Lipinski definition) is 5. The highest BCUT2D eigenvalue weighted by molar-refractivity contribution is 7.12. The van der Waals surface area contributed by atoms with Crippen molar-refractivity contribution in [2.75, 3.05) is 19.6 Å². The van der Waals surface area contributed by atoms with E-state index in [1.165, 1.54) is 11.3 Å². The second-order valence-electron chi connectivity index (χ2n) is 4.94. The van der Waals surface area contributed by atoms with E-state index >= 15 is 0 Å². The average molecular weight is 283 g/mol. The van der Waals surface area contributed by atoms with E-state index in [1.54, 1.807) is 24.4 Å². The van der Waals surface area contributed by atoms with Gasteiger partial charge in [-0.3, -0.25) is 25.3 Å². The zero-order chi connectivity index (χ0) is 13.9. The molecule has 1 aromatic heterocycles. The molecule has 1 fully saturated rings. The highest BCUT2D eigenvalue weighted by atomic mass is 32.1. The third-order valence-electron chi connectivity index (χ3n) is 2.96. The van der Waals surface area contributed by atoms with E-state index in [0.717, 1.165) is 0 Å². The van der Waals surface area contributed by atoms with Gasteiger partial charge in [0.05, 0.1) is 17.0 Å². The molecule has 0 radical (unpaired) electrons. The molecule has 1 atom stereocenters. The van der Waals surface area contributed by atoms with Gasteiger partial charge in [-0.05, 0) is 24.8 Å². The Labute approximate surface area is 115 Å². The number of thiophene rings is 1. The topological polar surface area (TPSA) is 81.7 Å². The maximum atomic E-state index is 11.6.